The van der Waals surface area contributed by atoms with Gasteiger partial charge in [0, 0.05) is 38.9 Å². The molecule has 6 nitrogen and oxygen atoms in total. The predicted molar refractivity (Wildman–Crippen MR) is 116 cm³/mol. The maximum absolute atomic E-state index is 13.4. The number of sulfonamides is 1. The second kappa shape index (κ2) is 8.55. The van der Waals surface area contributed by atoms with Gasteiger partial charge in [-0.25, -0.2) is 8.42 Å². The van der Waals surface area contributed by atoms with Crippen molar-refractivity contribution in [2.75, 3.05) is 44.4 Å². The molecule has 1 aliphatic heterocycles. The number of hydrogen-bond acceptors (Lipinski definition) is 4. The van der Waals surface area contributed by atoms with Crippen LogP contribution in [0.4, 0.5) is 5.69 Å². The minimum absolute atomic E-state index is 0.176. The molecule has 1 aliphatic rings. The average Bonchev–Trinajstić information content (AvgIpc) is 2.70. The highest BCUT2D eigenvalue weighted by atomic mass is 32.2. The summed E-state index contributed by atoms with van der Waals surface area (Å²) in [5.41, 5.74) is 4.39. The Morgan fingerprint density at radius 2 is 1.59 bits per heavy atom. The van der Waals surface area contributed by atoms with Crippen LogP contribution in [0.2, 0.25) is 0 Å². The average molecular weight is 416 g/mol. The molecule has 3 rings (SSSR count). The molecule has 0 radical (unpaired) electrons. The van der Waals surface area contributed by atoms with Gasteiger partial charge in [-0.3, -0.25) is 4.79 Å². The Balaban J connectivity index is 1.79. The summed E-state index contributed by atoms with van der Waals surface area (Å²) in [4.78, 5) is 17.4. The van der Waals surface area contributed by atoms with Gasteiger partial charge in [0.15, 0.2) is 0 Å². The Bertz CT molecular complexity index is 968. The molecule has 1 unspecified atom stereocenters. The zero-order chi connectivity index (χ0) is 21.2. The van der Waals surface area contributed by atoms with Crippen LogP contribution in [0, 0.1) is 13.8 Å². The van der Waals surface area contributed by atoms with Gasteiger partial charge in [-0.1, -0.05) is 42.5 Å². The van der Waals surface area contributed by atoms with Crippen LogP contribution in [-0.2, 0) is 14.8 Å². The number of rotatable bonds is 5. The Morgan fingerprint density at radius 3 is 2.17 bits per heavy atom. The van der Waals surface area contributed by atoms with Crippen molar-refractivity contribution in [2.24, 2.45) is 0 Å². The van der Waals surface area contributed by atoms with Crippen LogP contribution in [0.3, 0.4) is 0 Å². The second-order valence-corrected chi connectivity index (χ2v) is 9.67. The van der Waals surface area contributed by atoms with Gasteiger partial charge >= 0.3 is 0 Å². The van der Waals surface area contributed by atoms with Gasteiger partial charge < -0.3 is 9.80 Å². The number of likely N-dealkylation sites (N-methyl/N-ethyl adjacent to an activating group) is 1. The highest BCUT2D eigenvalue weighted by Crippen LogP contribution is 2.27. The number of amides is 1. The van der Waals surface area contributed by atoms with Crippen molar-refractivity contribution in [1.82, 2.24) is 9.21 Å². The third-order valence-corrected chi connectivity index (χ3v) is 7.00. The molecule has 0 aliphatic carbocycles. The summed E-state index contributed by atoms with van der Waals surface area (Å²) in [6, 6.07) is 14.5. The molecule has 0 N–H and O–H groups in total. The molecule has 2 aromatic rings. The Hall–Kier alpha value is -2.38. The van der Waals surface area contributed by atoms with Crippen molar-refractivity contribution in [1.29, 1.82) is 0 Å². The summed E-state index contributed by atoms with van der Waals surface area (Å²) >= 11 is 0. The van der Waals surface area contributed by atoms with Crippen molar-refractivity contribution in [2.45, 2.75) is 19.9 Å². The van der Waals surface area contributed by atoms with E-state index in [1.165, 1.54) is 28.2 Å². The van der Waals surface area contributed by atoms with Crippen LogP contribution in [0.1, 0.15) is 22.7 Å². The molecule has 0 saturated carbocycles. The van der Waals surface area contributed by atoms with E-state index in [0.717, 1.165) is 19.3 Å². The van der Waals surface area contributed by atoms with E-state index in [1.54, 1.807) is 17.0 Å². The quantitative estimate of drug-likeness (QED) is 0.753. The summed E-state index contributed by atoms with van der Waals surface area (Å²) < 4.78 is 25.5. The molecule has 29 heavy (non-hydrogen) atoms. The first kappa shape index (κ1) is 21.3. The zero-order valence-electron chi connectivity index (χ0n) is 17.5. The summed E-state index contributed by atoms with van der Waals surface area (Å²) in [7, 11) is -2.05. The number of nitrogens with zero attached hydrogens (tertiary/aromatic N) is 3. The SMILES string of the molecule is Cc1cccc(N2CCN(C(=O)C(c3ccccc3)N(C)S(C)(=O)=O)CC2)c1C. The summed E-state index contributed by atoms with van der Waals surface area (Å²) in [5, 5.41) is 0. The summed E-state index contributed by atoms with van der Waals surface area (Å²) in [6.07, 6.45) is 1.13. The lowest BCUT2D eigenvalue weighted by Gasteiger charge is -2.39. The van der Waals surface area contributed by atoms with E-state index in [0.29, 0.717) is 18.7 Å². The fourth-order valence-electron chi connectivity index (χ4n) is 3.75. The maximum Gasteiger partial charge on any atom is 0.245 e. The van der Waals surface area contributed by atoms with Gasteiger partial charge in [0.1, 0.15) is 6.04 Å². The zero-order valence-corrected chi connectivity index (χ0v) is 18.3. The van der Waals surface area contributed by atoms with E-state index in [2.05, 4.69) is 36.9 Å². The van der Waals surface area contributed by atoms with E-state index in [9.17, 15) is 13.2 Å². The van der Waals surface area contributed by atoms with Crippen LogP contribution >= 0.6 is 0 Å². The lowest BCUT2D eigenvalue weighted by molar-refractivity contribution is -0.135. The molecular weight excluding hydrogens is 386 g/mol. The molecule has 2 aromatic carbocycles. The van der Waals surface area contributed by atoms with Gasteiger partial charge in [-0.05, 0) is 36.6 Å². The number of aryl methyl sites for hydroxylation is 1. The Kier molecular flexibility index (Phi) is 6.29. The first-order valence-corrected chi connectivity index (χ1v) is 11.6. The van der Waals surface area contributed by atoms with Crippen molar-refractivity contribution >= 4 is 21.6 Å². The maximum atomic E-state index is 13.4. The number of carbonyl (C=O) groups excluding carboxylic acids is 1. The van der Waals surface area contributed by atoms with Crippen molar-refractivity contribution in [3.05, 3.63) is 65.2 Å². The molecule has 1 atom stereocenters. The lowest BCUT2D eigenvalue weighted by atomic mass is 10.0. The first-order chi connectivity index (χ1) is 13.7. The Labute approximate surface area is 173 Å². The van der Waals surface area contributed by atoms with Crippen LogP contribution in [0.25, 0.3) is 0 Å². The molecular formula is C22H29N3O3S. The van der Waals surface area contributed by atoms with Gasteiger partial charge in [-0.15, -0.1) is 0 Å². The number of anilines is 1. The van der Waals surface area contributed by atoms with E-state index < -0.39 is 16.1 Å². The first-order valence-electron chi connectivity index (χ1n) is 9.78. The minimum atomic E-state index is -3.52. The summed E-state index contributed by atoms with van der Waals surface area (Å²) in [5.74, 6) is -0.176. The number of piperazine rings is 1. The fourth-order valence-corrected chi connectivity index (χ4v) is 4.35. The van der Waals surface area contributed by atoms with Crippen LogP contribution in [0.15, 0.2) is 48.5 Å². The standard InChI is InChI=1S/C22H29N3O3S/c1-17-9-8-12-20(18(17)2)24-13-15-25(16-14-24)22(26)21(23(3)29(4,27)28)19-10-6-5-7-11-19/h5-12,21H,13-16H2,1-4H3. The Morgan fingerprint density at radius 1 is 0.966 bits per heavy atom. The molecule has 1 fully saturated rings. The van der Waals surface area contributed by atoms with E-state index in [4.69, 9.17) is 0 Å². The smallest absolute Gasteiger partial charge is 0.245 e. The molecule has 156 valence electrons. The van der Waals surface area contributed by atoms with Gasteiger partial charge in [0.05, 0.1) is 6.26 Å². The van der Waals surface area contributed by atoms with Crippen LogP contribution in [-0.4, -0.2) is 63.0 Å². The predicted octanol–water partition coefficient (Wildman–Crippen LogP) is 2.58. The van der Waals surface area contributed by atoms with Gasteiger partial charge in [-0.2, -0.15) is 4.31 Å². The third kappa shape index (κ3) is 4.62. The molecule has 0 bridgehead atoms. The van der Waals surface area contributed by atoms with Crippen molar-refractivity contribution in [3.63, 3.8) is 0 Å². The van der Waals surface area contributed by atoms with E-state index in [-0.39, 0.29) is 5.91 Å². The third-order valence-electron chi connectivity index (χ3n) is 5.74. The highest BCUT2D eigenvalue weighted by molar-refractivity contribution is 7.88. The van der Waals surface area contributed by atoms with Gasteiger partial charge in [0.25, 0.3) is 0 Å². The normalized spacial score (nSPS) is 16.2. The summed E-state index contributed by atoms with van der Waals surface area (Å²) in [6.45, 7) is 6.79. The van der Waals surface area contributed by atoms with Crippen LogP contribution in [0.5, 0.6) is 0 Å². The monoisotopic (exact) mass is 415 g/mol. The molecule has 1 heterocycles. The molecule has 1 amide bonds. The van der Waals surface area contributed by atoms with E-state index in [1.807, 2.05) is 18.2 Å². The molecule has 7 heteroatoms. The van der Waals surface area contributed by atoms with E-state index >= 15 is 0 Å². The minimum Gasteiger partial charge on any atom is -0.368 e. The molecule has 0 spiro atoms. The van der Waals surface area contributed by atoms with Gasteiger partial charge in [0.2, 0.25) is 15.9 Å². The fraction of sp³-hybridized carbons (Fsp3) is 0.409. The second-order valence-electron chi connectivity index (χ2n) is 7.62. The molecule has 1 saturated heterocycles. The number of benzene rings is 2. The highest BCUT2D eigenvalue weighted by Gasteiger charge is 2.35. The van der Waals surface area contributed by atoms with Crippen LogP contribution < -0.4 is 4.90 Å². The lowest BCUT2D eigenvalue weighted by Crippen LogP contribution is -2.52. The molecule has 0 aromatic heterocycles. The van der Waals surface area contributed by atoms with Crippen molar-refractivity contribution < 1.29 is 13.2 Å². The largest absolute Gasteiger partial charge is 0.368 e. The topological polar surface area (TPSA) is 60.9 Å². The number of carbonyl (C=O) groups is 1. The van der Waals surface area contributed by atoms with Crippen molar-refractivity contribution in [3.8, 4) is 0 Å². The number of hydrogen-bond donors (Lipinski definition) is 0.